The van der Waals surface area contributed by atoms with Crippen LogP contribution in [0.25, 0.3) is 0 Å². The molecule has 1 saturated heterocycles. The maximum Gasteiger partial charge on any atom is 0.256 e. The number of aliphatic hydroxyl groups excluding tert-OH is 1. The highest BCUT2D eigenvalue weighted by Gasteiger charge is 2.51. The number of nitriles is 1. The molecule has 0 bridgehead atoms. The molecule has 1 N–H and O–H groups in total. The molecular weight excluding hydrogens is 278 g/mol. The molecule has 1 aliphatic rings. The van der Waals surface area contributed by atoms with Crippen LogP contribution in [0.3, 0.4) is 0 Å². The zero-order chi connectivity index (χ0) is 15.5. The number of benzene rings is 1. The summed E-state index contributed by atoms with van der Waals surface area (Å²) in [4.78, 5) is 18.0. The van der Waals surface area contributed by atoms with E-state index in [9.17, 15) is 15.2 Å². The van der Waals surface area contributed by atoms with E-state index >= 15 is 0 Å². The van der Waals surface area contributed by atoms with E-state index in [1.54, 1.807) is 18.3 Å². The molecule has 110 valence electrons. The number of rotatable bonds is 3. The lowest BCUT2D eigenvalue weighted by Crippen LogP contribution is -2.65. The molecule has 1 aromatic heterocycles. The Balaban J connectivity index is 1.90. The van der Waals surface area contributed by atoms with Crippen molar-refractivity contribution in [2.45, 2.75) is 18.0 Å². The number of aromatic nitrogens is 1. The first-order chi connectivity index (χ1) is 10.8. The van der Waals surface area contributed by atoms with Crippen molar-refractivity contribution in [2.75, 3.05) is 6.61 Å². The van der Waals surface area contributed by atoms with E-state index in [0.29, 0.717) is 5.56 Å². The summed E-state index contributed by atoms with van der Waals surface area (Å²) in [5.41, 5.74) is 1.39. The highest BCUT2D eigenvalue weighted by Crippen LogP contribution is 2.41. The summed E-state index contributed by atoms with van der Waals surface area (Å²) in [6.45, 7) is -0.177. The van der Waals surface area contributed by atoms with E-state index in [-0.39, 0.29) is 24.5 Å². The summed E-state index contributed by atoms with van der Waals surface area (Å²) in [5.74, 6) is -0.442. The van der Waals surface area contributed by atoms with Crippen molar-refractivity contribution < 1.29 is 9.90 Å². The van der Waals surface area contributed by atoms with Gasteiger partial charge in [0.25, 0.3) is 5.91 Å². The molecule has 1 amide bonds. The molecule has 3 rings (SSSR count). The predicted molar refractivity (Wildman–Crippen MR) is 79.9 cm³/mol. The zero-order valence-corrected chi connectivity index (χ0v) is 11.8. The summed E-state index contributed by atoms with van der Waals surface area (Å²) >= 11 is 0. The van der Waals surface area contributed by atoms with Crippen LogP contribution in [-0.2, 0) is 0 Å². The van der Waals surface area contributed by atoms with Crippen LogP contribution in [0.15, 0.2) is 54.9 Å². The standard InChI is InChI=1S/C17H15N3O2/c18-9-14-16(12-5-2-1-3-6-12)15(11-21)20(14)17(22)13-7-4-8-19-10-13/h1-8,10,14-16,21H,11H2/t14-,15+,16-/m0/s1. The van der Waals surface area contributed by atoms with Gasteiger partial charge < -0.3 is 10.0 Å². The van der Waals surface area contributed by atoms with Gasteiger partial charge in [0.15, 0.2) is 0 Å². The first-order valence-corrected chi connectivity index (χ1v) is 7.06. The third kappa shape index (κ3) is 2.24. The van der Waals surface area contributed by atoms with Crippen LogP contribution in [-0.4, -0.2) is 39.6 Å². The van der Waals surface area contributed by atoms with Gasteiger partial charge in [-0.15, -0.1) is 0 Å². The van der Waals surface area contributed by atoms with E-state index < -0.39 is 6.04 Å². The Hall–Kier alpha value is -2.71. The monoisotopic (exact) mass is 293 g/mol. The molecule has 1 aromatic carbocycles. The minimum absolute atomic E-state index is 0.170. The number of pyridine rings is 1. The Morgan fingerprint density at radius 1 is 1.27 bits per heavy atom. The van der Waals surface area contributed by atoms with Gasteiger partial charge in [0.05, 0.1) is 24.3 Å². The van der Waals surface area contributed by atoms with Crippen LogP contribution >= 0.6 is 0 Å². The first kappa shape index (κ1) is 14.2. The molecule has 22 heavy (non-hydrogen) atoms. The smallest absolute Gasteiger partial charge is 0.256 e. The molecule has 1 fully saturated rings. The lowest BCUT2D eigenvalue weighted by molar-refractivity contribution is -0.00588. The Bertz CT molecular complexity index is 697. The van der Waals surface area contributed by atoms with Crippen molar-refractivity contribution in [2.24, 2.45) is 0 Å². The highest BCUT2D eigenvalue weighted by molar-refractivity contribution is 5.95. The minimum Gasteiger partial charge on any atom is -0.394 e. The maximum absolute atomic E-state index is 12.6. The normalized spacial score (nSPS) is 23.5. The van der Waals surface area contributed by atoms with Gasteiger partial charge in [-0.25, -0.2) is 0 Å². The Morgan fingerprint density at radius 3 is 2.64 bits per heavy atom. The van der Waals surface area contributed by atoms with Gasteiger partial charge in [-0.3, -0.25) is 9.78 Å². The average molecular weight is 293 g/mol. The summed E-state index contributed by atoms with van der Waals surface area (Å²) in [6, 6.07) is 14.1. The molecule has 0 radical (unpaired) electrons. The number of hydrogen-bond donors (Lipinski definition) is 1. The fourth-order valence-electron chi connectivity index (χ4n) is 3.00. The largest absolute Gasteiger partial charge is 0.394 e. The lowest BCUT2D eigenvalue weighted by atomic mass is 9.75. The predicted octanol–water partition coefficient (Wildman–Crippen LogP) is 1.57. The molecule has 0 unspecified atom stereocenters. The molecule has 2 heterocycles. The molecule has 0 saturated carbocycles. The first-order valence-electron chi connectivity index (χ1n) is 7.06. The Morgan fingerprint density at radius 2 is 2.05 bits per heavy atom. The van der Waals surface area contributed by atoms with Gasteiger partial charge in [-0.2, -0.15) is 5.26 Å². The SMILES string of the molecule is N#C[C@H]1[C@H](c2ccccc2)[C@@H](CO)N1C(=O)c1cccnc1. The summed E-state index contributed by atoms with van der Waals surface area (Å²) in [6.07, 6.45) is 3.06. The summed E-state index contributed by atoms with van der Waals surface area (Å²) in [5, 5.41) is 19.1. The molecule has 0 aliphatic carbocycles. The van der Waals surface area contributed by atoms with Gasteiger partial charge in [-0.05, 0) is 17.7 Å². The van der Waals surface area contributed by atoms with E-state index in [2.05, 4.69) is 11.1 Å². The van der Waals surface area contributed by atoms with Crippen molar-refractivity contribution in [1.82, 2.24) is 9.88 Å². The average Bonchev–Trinajstić information content (AvgIpc) is 2.56. The van der Waals surface area contributed by atoms with Crippen LogP contribution in [0.2, 0.25) is 0 Å². The quantitative estimate of drug-likeness (QED) is 0.932. The Labute approximate surface area is 128 Å². The van der Waals surface area contributed by atoms with Gasteiger partial charge in [0, 0.05) is 18.3 Å². The van der Waals surface area contributed by atoms with Gasteiger partial charge in [-0.1, -0.05) is 30.3 Å². The van der Waals surface area contributed by atoms with Crippen molar-refractivity contribution >= 4 is 5.91 Å². The molecule has 1 aliphatic heterocycles. The van der Waals surface area contributed by atoms with Crippen molar-refractivity contribution in [3.8, 4) is 6.07 Å². The molecule has 0 spiro atoms. The van der Waals surface area contributed by atoms with Crippen molar-refractivity contribution in [1.29, 1.82) is 5.26 Å². The van der Waals surface area contributed by atoms with E-state index in [0.717, 1.165) is 5.56 Å². The number of hydrogen-bond acceptors (Lipinski definition) is 4. The van der Waals surface area contributed by atoms with Gasteiger partial charge in [0.1, 0.15) is 6.04 Å². The Kier molecular flexibility index (Phi) is 3.86. The van der Waals surface area contributed by atoms with Gasteiger partial charge in [0.2, 0.25) is 0 Å². The number of aliphatic hydroxyl groups is 1. The second-order valence-electron chi connectivity index (χ2n) is 5.21. The molecule has 5 heteroatoms. The topological polar surface area (TPSA) is 77.2 Å². The summed E-state index contributed by atoms with van der Waals surface area (Å²) < 4.78 is 0. The number of carbonyl (C=O) groups is 1. The van der Waals surface area contributed by atoms with Crippen LogP contribution in [0, 0.1) is 11.3 Å². The van der Waals surface area contributed by atoms with Crippen LogP contribution in [0.1, 0.15) is 21.8 Å². The van der Waals surface area contributed by atoms with E-state index in [4.69, 9.17) is 0 Å². The summed E-state index contributed by atoms with van der Waals surface area (Å²) in [7, 11) is 0. The minimum atomic E-state index is -0.577. The lowest BCUT2D eigenvalue weighted by Gasteiger charge is -2.51. The number of nitrogens with zero attached hydrogens (tertiary/aromatic N) is 3. The fourth-order valence-corrected chi connectivity index (χ4v) is 3.00. The second-order valence-corrected chi connectivity index (χ2v) is 5.21. The third-order valence-corrected chi connectivity index (χ3v) is 4.06. The number of carbonyl (C=O) groups excluding carboxylic acids is 1. The van der Waals surface area contributed by atoms with Crippen molar-refractivity contribution in [3.05, 3.63) is 66.0 Å². The van der Waals surface area contributed by atoms with Crippen LogP contribution in [0.5, 0.6) is 0 Å². The molecule has 3 atom stereocenters. The molecule has 5 nitrogen and oxygen atoms in total. The van der Waals surface area contributed by atoms with Crippen LogP contribution < -0.4 is 0 Å². The van der Waals surface area contributed by atoms with E-state index in [1.807, 2.05) is 30.3 Å². The second kappa shape index (κ2) is 5.96. The maximum atomic E-state index is 12.6. The van der Waals surface area contributed by atoms with Crippen LogP contribution in [0.4, 0.5) is 0 Å². The van der Waals surface area contributed by atoms with E-state index in [1.165, 1.54) is 11.1 Å². The molecule has 2 aromatic rings. The zero-order valence-electron chi connectivity index (χ0n) is 11.8. The third-order valence-electron chi connectivity index (χ3n) is 4.06. The number of amides is 1. The molecular formula is C17H15N3O2. The fraction of sp³-hybridized carbons (Fsp3) is 0.235. The van der Waals surface area contributed by atoms with Gasteiger partial charge >= 0.3 is 0 Å². The number of likely N-dealkylation sites (tertiary alicyclic amines) is 1. The highest BCUT2D eigenvalue weighted by atomic mass is 16.3. The van der Waals surface area contributed by atoms with Crippen molar-refractivity contribution in [3.63, 3.8) is 0 Å².